The molecule has 26 heavy (non-hydrogen) atoms. The lowest BCUT2D eigenvalue weighted by Gasteiger charge is -2.27. The number of nitrogens with one attached hydrogen (secondary N) is 1. The van der Waals surface area contributed by atoms with E-state index < -0.39 is 11.9 Å². The molecule has 138 valence electrons. The Morgan fingerprint density at radius 2 is 2.00 bits per heavy atom. The van der Waals surface area contributed by atoms with Crippen molar-refractivity contribution in [3.05, 3.63) is 42.1 Å². The summed E-state index contributed by atoms with van der Waals surface area (Å²) in [6, 6.07) is 9.53. The third kappa shape index (κ3) is 3.94. The standard InChI is InChI=1S/C19H23N3O4/c1-22-17(14-5-3-2-4-6-14)16(12-21-22)18(23)20-11-15(19(24)25)13-7-9-26-10-8-13/h2-6,12-13,15H,7-11H2,1H3,(H,20,23)(H,24,25). The van der Waals surface area contributed by atoms with Crippen molar-refractivity contribution < 1.29 is 19.4 Å². The Bertz CT molecular complexity index is 766. The number of benzene rings is 1. The van der Waals surface area contributed by atoms with Gasteiger partial charge in [-0.05, 0) is 18.8 Å². The van der Waals surface area contributed by atoms with Gasteiger partial charge in [0.2, 0.25) is 0 Å². The first-order valence-corrected chi connectivity index (χ1v) is 8.74. The van der Waals surface area contributed by atoms with E-state index in [0.29, 0.717) is 37.3 Å². The fraction of sp³-hybridized carbons (Fsp3) is 0.421. The van der Waals surface area contributed by atoms with Crippen LogP contribution in [0.15, 0.2) is 36.5 Å². The predicted octanol–water partition coefficient (Wildman–Crippen LogP) is 1.94. The Morgan fingerprint density at radius 3 is 2.65 bits per heavy atom. The molecule has 1 amide bonds. The molecule has 0 aliphatic carbocycles. The number of carboxylic acid groups (broad SMARTS) is 1. The van der Waals surface area contributed by atoms with Crippen LogP contribution < -0.4 is 5.32 Å². The summed E-state index contributed by atoms with van der Waals surface area (Å²) in [5.41, 5.74) is 2.03. The molecule has 2 N–H and O–H groups in total. The molecule has 1 saturated heterocycles. The molecule has 2 heterocycles. The number of amides is 1. The molecule has 1 fully saturated rings. The summed E-state index contributed by atoms with van der Waals surface area (Å²) in [4.78, 5) is 24.3. The summed E-state index contributed by atoms with van der Waals surface area (Å²) in [6.45, 7) is 1.24. The van der Waals surface area contributed by atoms with Crippen LogP contribution in [0.2, 0.25) is 0 Å². The van der Waals surface area contributed by atoms with Gasteiger partial charge >= 0.3 is 5.97 Å². The summed E-state index contributed by atoms with van der Waals surface area (Å²) in [6.07, 6.45) is 2.92. The van der Waals surface area contributed by atoms with Crippen LogP contribution in [0.4, 0.5) is 0 Å². The monoisotopic (exact) mass is 357 g/mol. The van der Waals surface area contributed by atoms with E-state index in [0.717, 1.165) is 5.56 Å². The number of aliphatic carboxylic acids is 1. The van der Waals surface area contributed by atoms with Gasteiger partial charge in [0.1, 0.15) is 0 Å². The lowest BCUT2D eigenvalue weighted by Crippen LogP contribution is -2.39. The van der Waals surface area contributed by atoms with Gasteiger partial charge in [-0.15, -0.1) is 0 Å². The first-order chi connectivity index (χ1) is 12.6. The van der Waals surface area contributed by atoms with Gasteiger partial charge in [0, 0.05) is 32.4 Å². The van der Waals surface area contributed by atoms with Crippen LogP contribution in [0.1, 0.15) is 23.2 Å². The minimum atomic E-state index is -0.883. The number of hydrogen-bond donors (Lipinski definition) is 2. The summed E-state index contributed by atoms with van der Waals surface area (Å²) in [7, 11) is 1.78. The van der Waals surface area contributed by atoms with Crippen molar-refractivity contribution in [3.8, 4) is 11.3 Å². The van der Waals surface area contributed by atoms with Crippen LogP contribution in [-0.2, 0) is 16.6 Å². The Morgan fingerprint density at radius 1 is 1.31 bits per heavy atom. The van der Waals surface area contributed by atoms with Gasteiger partial charge in [-0.2, -0.15) is 5.10 Å². The summed E-state index contributed by atoms with van der Waals surface area (Å²) in [5.74, 6) is -1.79. The van der Waals surface area contributed by atoms with Crippen LogP contribution in [0.25, 0.3) is 11.3 Å². The molecule has 0 radical (unpaired) electrons. The summed E-state index contributed by atoms with van der Waals surface area (Å²) in [5, 5.41) is 16.5. The van der Waals surface area contributed by atoms with Gasteiger partial charge < -0.3 is 15.2 Å². The molecule has 1 unspecified atom stereocenters. The Labute approximate surface area is 152 Å². The van der Waals surface area contributed by atoms with E-state index in [2.05, 4.69) is 10.4 Å². The SMILES string of the molecule is Cn1ncc(C(=O)NCC(C(=O)O)C2CCOCC2)c1-c1ccccc1. The molecular weight excluding hydrogens is 334 g/mol. The first kappa shape index (κ1) is 18.1. The number of ether oxygens (including phenoxy) is 1. The molecule has 1 atom stereocenters. The second-order valence-electron chi connectivity index (χ2n) is 6.50. The number of rotatable bonds is 6. The fourth-order valence-electron chi connectivity index (χ4n) is 3.41. The average Bonchev–Trinajstić information content (AvgIpc) is 3.04. The third-order valence-corrected chi connectivity index (χ3v) is 4.87. The lowest BCUT2D eigenvalue weighted by molar-refractivity contribution is -0.144. The highest BCUT2D eigenvalue weighted by Crippen LogP contribution is 2.25. The molecule has 7 heteroatoms. The molecular formula is C19H23N3O4. The van der Waals surface area contributed by atoms with Crippen molar-refractivity contribution >= 4 is 11.9 Å². The number of carboxylic acids is 1. The van der Waals surface area contributed by atoms with Gasteiger partial charge in [-0.25, -0.2) is 0 Å². The maximum atomic E-state index is 12.7. The number of aryl methyl sites for hydroxylation is 1. The van der Waals surface area contributed by atoms with Crippen LogP contribution in [0.3, 0.4) is 0 Å². The van der Waals surface area contributed by atoms with Crippen molar-refractivity contribution in [2.45, 2.75) is 12.8 Å². The average molecular weight is 357 g/mol. The Hall–Kier alpha value is -2.67. The maximum absolute atomic E-state index is 12.7. The molecule has 1 aliphatic heterocycles. The van der Waals surface area contributed by atoms with Crippen LogP contribution in [0.5, 0.6) is 0 Å². The zero-order valence-corrected chi connectivity index (χ0v) is 14.7. The maximum Gasteiger partial charge on any atom is 0.308 e. The van der Waals surface area contributed by atoms with Crippen molar-refractivity contribution in [2.24, 2.45) is 18.9 Å². The number of hydrogen-bond acceptors (Lipinski definition) is 4. The molecule has 7 nitrogen and oxygen atoms in total. The number of carbonyl (C=O) groups excluding carboxylic acids is 1. The number of nitrogens with zero attached hydrogens (tertiary/aromatic N) is 2. The first-order valence-electron chi connectivity index (χ1n) is 8.74. The van der Waals surface area contributed by atoms with Crippen LogP contribution in [0, 0.1) is 11.8 Å². The molecule has 1 aromatic heterocycles. The minimum absolute atomic E-state index is 0.0176. The highest BCUT2D eigenvalue weighted by Gasteiger charge is 2.30. The van der Waals surface area contributed by atoms with Gasteiger partial charge in [-0.1, -0.05) is 30.3 Å². The second-order valence-corrected chi connectivity index (χ2v) is 6.50. The van der Waals surface area contributed by atoms with Gasteiger partial charge in [0.05, 0.1) is 23.4 Å². The van der Waals surface area contributed by atoms with E-state index >= 15 is 0 Å². The third-order valence-electron chi connectivity index (χ3n) is 4.87. The molecule has 3 rings (SSSR count). The highest BCUT2D eigenvalue weighted by atomic mass is 16.5. The fourth-order valence-corrected chi connectivity index (χ4v) is 3.41. The zero-order valence-electron chi connectivity index (χ0n) is 14.7. The van der Waals surface area contributed by atoms with Crippen LogP contribution in [-0.4, -0.2) is 46.5 Å². The van der Waals surface area contributed by atoms with Gasteiger partial charge in [-0.3, -0.25) is 14.3 Å². The largest absolute Gasteiger partial charge is 0.481 e. The van der Waals surface area contributed by atoms with E-state index in [9.17, 15) is 14.7 Å². The smallest absolute Gasteiger partial charge is 0.308 e. The number of aromatic nitrogens is 2. The molecule has 1 aliphatic rings. The van der Waals surface area contributed by atoms with Gasteiger partial charge in [0.25, 0.3) is 5.91 Å². The number of carbonyl (C=O) groups is 2. The van der Waals surface area contributed by atoms with Crippen molar-refractivity contribution in [3.63, 3.8) is 0 Å². The van der Waals surface area contributed by atoms with E-state index in [1.54, 1.807) is 11.7 Å². The summed E-state index contributed by atoms with van der Waals surface area (Å²) < 4.78 is 6.95. The molecule has 0 bridgehead atoms. The lowest BCUT2D eigenvalue weighted by atomic mass is 9.86. The topological polar surface area (TPSA) is 93.5 Å². The van der Waals surface area contributed by atoms with E-state index in [-0.39, 0.29) is 18.4 Å². The van der Waals surface area contributed by atoms with Gasteiger partial charge in [0.15, 0.2) is 0 Å². The minimum Gasteiger partial charge on any atom is -0.481 e. The van der Waals surface area contributed by atoms with E-state index in [4.69, 9.17) is 4.74 Å². The van der Waals surface area contributed by atoms with Crippen LogP contribution >= 0.6 is 0 Å². The Balaban J connectivity index is 1.73. The molecule has 0 spiro atoms. The van der Waals surface area contributed by atoms with Crippen molar-refractivity contribution in [2.75, 3.05) is 19.8 Å². The van der Waals surface area contributed by atoms with E-state index in [1.165, 1.54) is 6.20 Å². The molecule has 0 saturated carbocycles. The quantitative estimate of drug-likeness (QED) is 0.824. The second kappa shape index (κ2) is 8.14. The normalized spacial score (nSPS) is 16.2. The summed E-state index contributed by atoms with van der Waals surface area (Å²) >= 11 is 0. The Kier molecular flexibility index (Phi) is 5.68. The zero-order chi connectivity index (χ0) is 18.5. The van der Waals surface area contributed by atoms with E-state index in [1.807, 2.05) is 30.3 Å². The predicted molar refractivity (Wildman–Crippen MR) is 95.6 cm³/mol. The van der Waals surface area contributed by atoms with Crippen molar-refractivity contribution in [1.29, 1.82) is 0 Å². The van der Waals surface area contributed by atoms with Crippen molar-refractivity contribution in [1.82, 2.24) is 15.1 Å². The molecule has 1 aromatic carbocycles. The highest BCUT2D eigenvalue weighted by molar-refractivity contribution is 6.00. The molecule has 2 aromatic rings.